The number of hydrogen-bond acceptors (Lipinski definition) is 2. The van der Waals surface area contributed by atoms with E-state index in [1.54, 1.807) is 0 Å². The van der Waals surface area contributed by atoms with Gasteiger partial charge in [0.05, 0.1) is 0 Å². The average Bonchev–Trinajstić information content (AvgIpc) is 2.19. The van der Waals surface area contributed by atoms with Crippen molar-refractivity contribution in [3.63, 3.8) is 0 Å². The van der Waals surface area contributed by atoms with Crippen molar-refractivity contribution >= 4 is 12.2 Å². The van der Waals surface area contributed by atoms with Gasteiger partial charge in [0, 0.05) is 39.0 Å². The fraction of sp³-hybridized carbons (Fsp3) is 0.571. The lowest BCUT2D eigenvalue weighted by Crippen LogP contribution is -1.98. The van der Waals surface area contributed by atoms with Crippen LogP contribution in [0, 0.1) is 4.77 Å². The van der Waals surface area contributed by atoms with Gasteiger partial charge >= 0.3 is 0 Å². The van der Waals surface area contributed by atoms with Crippen molar-refractivity contribution in [1.82, 2.24) is 9.13 Å². The van der Waals surface area contributed by atoms with Gasteiger partial charge in [0.15, 0.2) is 4.77 Å². The molecule has 0 saturated heterocycles. The SMILES string of the molecule is Cn1cc(CCO)n(C)c1=S. The van der Waals surface area contributed by atoms with Crippen LogP contribution in [0.2, 0.25) is 0 Å². The molecule has 1 rings (SSSR count). The maximum atomic E-state index is 8.69. The Bertz CT molecular complexity index is 300. The minimum Gasteiger partial charge on any atom is -0.396 e. The van der Waals surface area contributed by atoms with Crippen molar-refractivity contribution in [1.29, 1.82) is 0 Å². The van der Waals surface area contributed by atoms with Gasteiger partial charge < -0.3 is 14.2 Å². The molecule has 1 N–H and O–H groups in total. The summed E-state index contributed by atoms with van der Waals surface area (Å²) >= 11 is 5.07. The predicted octanol–water partition coefficient (Wildman–Crippen LogP) is 0.628. The molecule has 4 heteroatoms. The number of aromatic nitrogens is 2. The summed E-state index contributed by atoms with van der Waals surface area (Å²) in [5.74, 6) is 0. The van der Waals surface area contributed by atoms with Crippen molar-refractivity contribution in [2.24, 2.45) is 14.1 Å². The van der Waals surface area contributed by atoms with E-state index in [2.05, 4.69) is 0 Å². The number of rotatable bonds is 2. The highest BCUT2D eigenvalue weighted by atomic mass is 32.1. The fourth-order valence-electron chi connectivity index (χ4n) is 1.07. The second kappa shape index (κ2) is 3.19. The van der Waals surface area contributed by atoms with Crippen LogP contribution in [0.25, 0.3) is 0 Å². The minimum atomic E-state index is 0.173. The first-order valence-corrected chi connectivity index (χ1v) is 3.89. The summed E-state index contributed by atoms with van der Waals surface area (Å²) in [5.41, 5.74) is 1.07. The molecule has 0 unspecified atom stereocenters. The Morgan fingerprint density at radius 1 is 1.55 bits per heavy atom. The second-order valence-corrected chi connectivity index (χ2v) is 2.91. The molecule has 0 atom stereocenters. The summed E-state index contributed by atoms with van der Waals surface area (Å²) in [6.45, 7) is 0.173. The van der Waals surface area contributed by atoms with E-state index in [0.29, 0.717) is 6.42 Å². The van der Waals surface area contributed by atoms with Gasteiger partial charge in [0.1, 0.15) is 0 Å². The lowest BCUT2D eigenvalue weighted by Gasteiger charge is -1.96. The average molecular weight is 172 g/mol. The smallest absolute Gasteiger partial charge is 0.179 e. The van der Waals surface area contributed by atoms with Crippen LogP contribution in [0.3, 0.4) is 0 Å². The molecule has 62 valence electrons. The van der Waals surface area contributed by atoms with Gasteiger partial charge in [0.25, 0.3) is 0 Å². The Hall–Kier alpha value is -0.610. The second-order valence-electron chi connectivity index (χ2n) is 2.55. The van der Waals surface area contributed by atoms with Crippen LogP contribution in [-0.2, 0) is 20.5 Å². The highest BCUT2D eigenvalue weighted by molar-refractivity contribution is 7.71. The summed E-state index contributed by atoms with van der Waals surface area (Å²) in [4.78, 5) is 0. The third kappa shape index (κ3) is 1.52. The molecular weight excluding hydrogens is 160 g/mol. The molecule has 0 radical (unpaired) electrons. The highest BCUT2D eigenvalue weighted by Gasteiger charge is 2.00. The van der Waals surface area contributed by atoms with Crippen molar-refractivity contribution in [2.75, 3.05) is 6.61 Å². The fourth-order valence-corrected chi connectivity index (χ4v) is 1.24. The topological polar surface area (TPSA) is 30.1 Å². The van der Waals surface area contributed by atoms with Crippen LogP contribution in [-0.4, -0.2) is 20.8 Å². The van der Waals surface area contributed by atoms with Crippen LogP contribution in [0.5, 0.6) is 0 Å². The number of aliphatic hydroxyl groups excluding tert-OH is 1. The Morgan fingerprint density at radius 2 is 2.18 bits per heavy atom. The molecule has 0 aliphatic rings. The molecule has 0 fully saturated rings. The van der Waals surface area contributed by atoms with Gasteiger partial charge in [-0.2, -0.15) is 0 Å². The van der Waals surface area contributed by atoms with E-state index in [1.807, 2.05) is 29.4 Å². The molecule has 1 aromatic rings. The number of nitrogens with zero attached hydrogens (tertiary/aromatic N) is 2. The Balaban J connectivity index is 3.08. The lowest BCUT2D eigenvalue weighted by atomic mass is 10.3. The third-order valence-corrected chi connectivity index (χ3v) is 2.29. The quantitative estimate of drug-likeness (QED) is 0.663. The maximum Gasteiger partial charge on any atom is 0.179 e. The zero-order valence-electron chi connectivity index (χ0n) is 6.74. The van der Waals surface area contributed by atoms with Gasteiger partial charge in [-0.05, 0) is 12.2 Å². The van der Waals surface area contributed by atoms with Crippen molar-refractivity contribution < 1.29 is 5.11 Å². The van der Waals surface area contributed by atoms with Crippen LogP contribution >= 0.6 is 12.2 Å². The van der Waals surface area contributed by atoms with Gasteiger partial charge in [-0.1, -0.05) is 0 Å². The van der Waals surface area contributed by atoms with Crippen LogP contribution in [0.4, 0.5) is 0 Å². The highest BCUT2D eigenvalue weighted by Crippen LogP contribution is 2.01. The largest absolute Gasteiger partial charge is 0.396 e. The van der Waals surface area contributed by atoms with Gasteiger partial charge in [-0.25, -0.2) is 0 Å². The zero-order chi connectivity index (χ0) is 8.43. The van der Waals surface area contributed by atoms with E-state index in [9.17, 15) is 0 Å². The minimum absolute atomic E-state index is 0.173. The maximum absolute atomic E-state index is 8.69. The molecule has 0 saturated carbocycles. The monoisotopic (exact) mass is 172 g/mol. The van der Waals surface area contributed by atoms with Gasteiger partial charge in [0.2, 0.25) is 0 Å². The number of aryl methyl sites for hydroxylation is 1. The molecule has 1 aromatic heterocycles. The van der Waals surface area contributed by atoms with E-state index in [4.69, 9.17) is 17.3 Å². The molecule has 1 heterocycles. The zero-order valence-corrected chi connectivity index (χ0v) is 7.56. The molecular formula is C7H12N2OS. The standard InChI is InChI=1S/C7H12N2OS/c1-8-5-6(3-4-10)9(2)7(8)11/h5,10H,3-4H2,1-2H3. The van der Waals surface area contributed by atoms with Crippen molar-refractivity contribution in [3.8, 4) is 0 Å². The molecule has 0 spiro atoms. The summed E-state index contributed by atoms with van der Waals surface area (Å²) in [5, 5.41) is 8.69. The van der Waals surface area contributed by atoms with E-state index < -0.39 is 0 Å². The molecule has 0 aliphatic carbocycles. The molecule has 0 aromatic carbocycles. The van der Waals surface area contributed by atoms with Gasteiger partial charge in [-0.3, -0.25) is 0 Å². The molecule has 11 heavy (non-hydrogen) atoms. The molecule has 0 amide bonds. The van der Waals surface area contributed by atoms with Crippen LogP contribution < -0.4 is 0 Å². The first-order valence-electron chi connectivity index (χ1n) is 3.49. The summed E-state index contributed by atoms with van der Waals surface area (Å²) in [6.07, 6.45) is 2.61. The van der Waals surface area contributed by atoms with Crippen molar-refractivity contribution in [3.05, 3.63) is 16.7 Å². The number of aliphatic hydroxyl groups is 1. The van der Waals surface area contributed by atoms with Crippen LogP contribution in [0.15, 0.2) is 6.20 Å². The van der Waals surface area contributed by atoms with E-state index >= 15 is 0 Å². The Morgan fingerprint density at radius 3 is 2.55 bits per heavy atom. The Labute approximate surface area is 70.9 Å². The molecule has 0 aliphatic heterocycles. The summed E-state index contributed by atoms with van der Waals surface area (Å²) in [7, 11) is 3.82. The van der Waals surface area contributed by atoms with Gasteiger partial charge in [-0.15, -0.1) is 0 Å². The number of hydrogen-bond donors (Lipinski definition) is 1. The normalized spacial score (nSPS) is 10.5. The first-order chi connectivity index (χ1) is 5.16. The third-order valence-electron chi connectivity index (χ3n) is 1.73. The number of imidazole rings is 1. The predicted molar refractivity (Wildman–Crippen MR) is 46.0 cm³/mol. The molecule has 0 bridgehead atoms. The van der Waals surface area contributed by atoms with Crippen molar-refractivity contribution in [2.45, 2.75) is 6.42 Å². The van der Waals surface area contributed by atoms with E-state index in [-0.39, 0.29) is 6.61 Å². The lowest BCUT2D eigenvalue weighted by molar-refractivity contribution is 0.297. The van der Waals surface area contributed by atoms with Crippen LogP contribution in [0.1, 0.15) is 5.69 Å². The van der Waals surface area contributed by atoms with E-state index in [1.165, 1.54) is 0 Å². The Kier molecular flexibility index (Phi) is 2.46. The van der Waals surface area contributed by atoms with E-state index in [0.717, 1.165) is 10.5 Å². The first kappa shape index (κ1) is 8.49. The molecule has 3 nitrogen and oxygen atoms in total. The summed E-state index contributed by atoms with van der Waals surface area (Å²) < 4.78 is 4.57. The summed E-state index contributed by atoms with van der Waals surface area (Å²) in [6, 6.07) is 0.